The van der Waals surface area contributed by atoms with Crippen molar-refractivity contribution in [2.45, 2.75) is 31.7 Å². The minimum Gasteiger partial charge on any atom is -0.507 e. The molecule has 2 N–H and O–H groups in total. The van der Waals surface area contributed by atoms with Crippen LogP contribution in [0.25, 0.3) is 11.5 Å². The van der Waals surface area contributed by atoms with Crippen LogP contribution in [0.5, 0.6) is 5.75 Å². The van der Waals surface area contributed by atoms with Gasteiger partial charge in [0, 0.05) is 41.8 Å². The number of carbonyl (C=O) groups is 1. The van der Waals surface area contributed by atoms with E-state index < -0.39 is 10.8 Å². The Morgan fingerprint density at radius 2 is 1.90 bits per heavy atom. The van der Waals surface area contributed by atoms with E-state index in [0.29, 0.717) is 33.3 Å². The highest BCUT2D eigenvalue weighted by Crippen LogP contribution is 2.35. The second-order valence-corrected chi connectivity index (χ2v) is 10.0. The summed E-state index contributed by atoms with van der Waals surface area (Å²) in [7, 11) is 1.71. The third-order valence-corrected chi connectivity index (χ3v) is 7.12. The van der Waals surface area contributed by atoms with Gasteiger partial charge in [-0.25, -0.2) is 4.68 Å². The molecule has 41 heavy (non-hydrogen) atoms. The number of thioether (sulfide) groups is 1. The minimum atomic E-state index is -0.512. The third-order valence-electron chi connectivity index (χ3n) is 6.04. The number of aliphatic hydroxyl groups is 1. The molecule has 0 unspecified atom stereocenters. The molecule has 1 aromatic heterocycles. The van der Waals surface area contributed by atoms with Gasteiger partial charge in [0.25, 0.3) is 5.91 Å². The Morgan fingerprint density at radius 3 is 2.59 bits per heavy atom. The summed E-state index contributed by atoms with van der Waals surface area (Å²) in [5.74, 6) is -0.0760. The van der Waals surface area contributed by atoms with Crippen LogP contribution in [0.1, 0.15) is 34.7 Å². The summed E-state index contributed by atoms with van der Waals surface area (Å²) in [4.78, 5) is 24.1. The number of hydrogen-bond acceptors (Lipinski definition) is 9. The number of nitro groups is 1. The molecule has 0 radical (unpaired) electrons. The maximum Gasteiger partial charge on any atom is 0.311 e. The van der Waals surface area contributed by atoms with Gasteiger partial charge in [0.05, 0.1) is 4.92 Å². The van der Waals surface area contributed by atoms with Gasteiger partial charge in [-0.15, -0.1) is 5.10 Å². The number of carbonyl (C=O) groups excluding carboxylic acids is 1. The van der Waals surface area contributed by atoms with Gasteiger partial charge in [0.1, 0.15) is 11.5 Å². The van der Waals surface area contributed by atoms with E-state index in [0.717, 1.165) is 17.2 Å². The van der Waals surface area contributed by atoms with Gasteiger partial charge >= 0.3 is 5.69 Å². The van der Waals surface area contributed by atoms with Gasteiger partial charge in [-0.2, -0.15) is 0 Å². The van der Waals surface area contributed by atoms with E-state index in [-0.39, 0.29) is 23.0 Å². The molecule has 0 bridgehead atoms. The highest BCUT2D eigenvalue weighted by Gasteiger charge is 2.20. The maximum absolute atomic E-state index is 12.7. The number of aromatic nitrogens is 4. The summed E-state index contributed by atoms with van der Waals surface area (Å²) < 4.78 is 7.54. The zero-order valence-electron chi connectivity index (χ0n) is 22.9. The monoisotopic (exact) mass is 572 g/mol. The number of tetrazole rings is 1. The van der Waals surface area contributed by atoms with E-state index in [1.807, 2.05) is 32.0 Å². The van der Waals surface area contributed by atoms with Crippen molar-refractivity contribution < 1.29 is 19.6 Å². The first kappa shape index (κ1) is 29.0. The minimum absolute atomic E-state index is 0.0307. The molecule has 210 valence electrons. The number of rotatable bonds is 10. The number of nitrogens with zero attached hydrogens (tertiary/aromatic N) is 5. The summed E-state index contributed by atoms with van der Waals surface area (Å²) in [6, 6.07) is 17.2. The second kappa shape index (κ2) is 12.9. The average Bonchev–Trinajstić information content (AvgIpc) is 3.37. The fourth-order valence-corrected chi connectivity index (χ4v) is 4.72. The van der Waals surface area contributed by atoms with Crippen LogP contribution in [0.4, 0.5) is 11.4 Å². The number of allylic oxidation sites excluding steroid dienone is 1. The summed E-state index contributed by atoms with van der Waals surface area (Å²) in [5, 5.41) is 37.5. The topological polar surface area (TPSA) is 145 Å². The molecule has 1 amide bonds. The number of ether oxygens (including phenoxy) is 1. The smallest absolute Gasteiger partial charge is 0.311 e. The fourth-order valence-electron chi connectivity index (χ4n) is 3.92. The molecular formula is C29H28N6O5S. The van der Waals surface area contributed by atoms with Crippen molar-refractivity contribution in [2.75, 3.05) is 5.32 Å². The molecule has 0 aliphatic carbocycles. The van der Waals surface area contributed by atoms with Crippen LogP contribution >= 0.6 is 11.8 Å². The van der Waals surface area contributed by atoms with Crippen molar-refractivity contribution in [1.82, 2.24) is 20.2 Å². The van der Waals surface area contributed by atoms with Crippen LogP contribution in [-0.2, 0) is 17.6 Å². The van der Waals surface area contributed by atoms with Crippen molar-refractivity contribution in [3.63, 3.8) is 0 Å². The summed E-state index contributed by atoms with van der Waals surface area (Å²) in [6.45, 7) is 5.52. The predicted molar refractivity (Wildman–Crippen MR) is 157 cm³/mol. The van der Waals surface area contributed by atoms with Gasteiger partial charge < -0.3 is 15.2 Å². The first-order chi connectivity index (χ1) is 19.7. The number of hydrogen-bond donors (Lipinski definition) is 2. The van der Waals surface area contributed by atoms with E-state index in [9.17, 15) is 20.0 Å². The first-order valence-electron chi connectivity index (χ1n) is 12.5. The molecule has 0 aliphatic rings. The van der Waals surface area contributed by atoms with E-state index in [1.54, 1.807) is 50.4 Å². The van der Waals surface area contributed by atoms with Gasteiger partial charge in [-0.3, -0.25) is 14.9 Å². The number of aryl methyl sites for hydroxylation is 3. The Labute approximate surface area is 240 Å². The summed E-state index contributed by atoms with van der Waals surface area (Å²) >= 11 is 1.35. The van der Waals surface area contributed by atoms with Crippen LogP contribution < -0.4 is 10.1 Å². The van der Waals surface area contributed by atoms with Crippen LogP contribution in [-0.4, -0.2) is 36.1 Å². The molecule has 4 rings (SSSR count). The Kier molecular flexibility index (Phi) is 9.15. The van der Waals surface area contributed by atoms with E-state index >= 15 is 0 Å². The average molecular weight is 573 g/mol. The second-order valence-electron chi connectivity index (χ2n) is 9.07. The first-order valence-corrected chi connectivity index (χ1v) is 13.5. The van der Waals surface area contributed by atoms with Gasteiger partial charge in [0.2, 0.25) is 10.9 Å². The molecule has 0 atom stereocenters. The van der Waals surface area contributed by atoms with Crippen LogP contribution in [0, 0.1) is 24.0 Å². The number of amides is 1. The number of nitro benzene ring substituents is 1. The van der Waals surface area contributed by atoms with Gasteiger partial charge in [0.15, 0.2) is 0 Å². The van der Waals surface area contributed by atoms with Crippen LogP contribution in [0.15, 0.2) is 78.0 Å². The lowest BCUT2D eigenvalue weighted by molar-refractivity contribution is -0.385. The zero-order valence-corrected chi connectivity index (χ0v) is 23.7. The number of aliphatic hydroxyl groups excluding tert-OH is 1. The largest absolute Gasteiger partial charge is 0.507 e. The van der Waals surface area contributed by atoms with Crippen LogP contribution in [0.2, 0.25) is 0 Å². The van der Waals surface area contributed by atoms with Crippen molar-refractivity contribution in [3.05, 3.63) is 111 Å². The highest BCUT2D eigenvalue weighted by atomic mass is 32.2. The van der Waals surface area contributed by atoms with E-state index in [1.165, 1.54) is 28.6 Å². The standard InChI is InChI=1S/C29H28N6O5S/c1-5-26(40-27-13-12-20(15-24(27)35(38)39)17-41-29-31-32-33-34(29)4)22-9-7-6-8-21(22)25(36)16-28(37)30-23-14-18(2)10-11-19(23)3/h5-16,36H,17H2,1-4H3,(H,30,37)/b25-16-,26-5+. The fraction of sp³-hybridized carbons (Fsp3) is 0.172. The molecule has 0 spiro atoms. The lowest BCUT2D eigenvalue weighted by atomic mass is 10.0. The van der Waals surface area contributed by atoms with Crippen molar-refractivity contribution in [3.8, 4) is 5.75 Å². The molecule has 1 heterocycles. The van der Waals surface area contributed by atoms with E-state index in [4.69, 9.17) is 4.74 Å². The van der Waals surface area contributed by atoms with Gasteiger partial charge in [-0.05, 0) is 66.1 Å². The maximum atomic E-state index is 12.7. The molecule has 0 saturated heterocycles. The molecule has 4 aromatic rings. The lowest BCUT2D eigenvalue weighted by Crippen LogP contribution is -2.10. The van der Waals surface area contributed by atoms with Gasteiger partial charge in [-0.1, -0.05) is 54.2 Å². The molecule has 11 nitrogen and oxygen atoms in total. The quantitative estimate of drug-likeness (QED) is 0.0767. The Balaban J connectivity index is 1.57. The number of benzene rings is 3. The highest BCUT2D eigenvalue weighted by molar-refractivity contribution is 7.98. The molecule has 0 aliphatic heterocycles. The van der Waals surface area contributed by atoms with Crippen molar-refractivity contribution in [1.29, 1.82) is 0 Å². The van der Waals surface area contributed by atoms with E-state index in [2.05, 4.69) is 20.8 Å². The summed E-state index contributed by atoms with van der Waals surface area (Å²) in [6.07, 6.45) is 2.73. The third kappa shape index (κ3) is 7.17. The SMILES string of the molecule is C/C=C(/Oc1ccc(CSc2nnnn2C)cc1[N+](=O)[O-])c1ccccc1/C(O)=C/C(=O)Nc1cc(C)ccc1C. The zero-order chi connectivity index (χ0) is 29.5. The van der Waals surface area contributed by atoms with Crippen LogP contribution in [0.3, 0.4) is 0 Å². The summed E-state index contributed by atoms with van der Waals surface area (Å²) in [5.41, 5.74) is 3.77. The van der Waals surface area contributed by atoms with Crippen molar-refractivity contribution in [2.24, 2.45) is 7.05 Å². The Bertz CT molecular complexity index is 1660. The predicted octanol–water partition coefficient (Wildman–Crippen LogP) is 6.00. The molecule has 0 saturated carbocycles. The molecule has 3 aromatic carbocycles. The lowest BCUT2D eigenvalue weighted by Gasteiger charge is -2.15. The number of anilines is 1. The van der Waals surface area contributed by atoms with Crippen molar-refractivity contribution >= 4 is 40.6 Å². The normalized spacial score (nSPS) is 11.8. The molecular weight excluding hydrogens is 544 g/mol. The number of nitrogens with one attached hydrogen (secondary N) is 1. The molecule has 0 fully saturated rings. The Hall–Kier alpha value is -4.97. The molecule has 12 heteroatoms. The Morgan fingerprint density at radius 1 is 1.15 bits per heavy atom.